The molecule has 1 aromatic carbocycles. The molecule has 0 radical (unpaired) electrons. The molecule has 1 aliphatic heterocycles. The van der Waals surface area contributed by atoms with Gasteiger partial charge < -0.3 is 10.2 Å². The number of nitrogens with one attached hydrogen (secondary N) is 1. The number of hydrogen-bond donors (Lipinski definition) is 1. The van der Waals surface area contributed by atoms with Crippen LogP contribution in [0, 0.1) is 12.8 Å². The van der Waals surface area contributed by atoms with E-state index in [0.717, 1.165) is 5.01 Å². The van der Waals surface area contributed by atoms with E-state index in [1.807, 2.05) is 6.92 Å². The Balaban J connectivity index is 1.70. The number of rotatable bonds is 3. The molecule has 2 heterocycles. The molecule has 2 amide bonds. The number of aromatic nitrogens is 2. The van der Waals surface area contributed by atoms with Gasteiger partial charge in [0.2, 0.25) is 16.9 Å². The molecule has 1 N–H and O–H groups in total. The van der Waals surface area contributed by atoms with Crippen LogP contribution in [-0.2, 0) is 9.59 Å². The van der Waals surface area contributed by atoms with Gasteiger partial charge in [0, 0.05) is 23.7 Å². The number of halogens is 1. The first-order chi connectivity index (χ1) is 10.5. The van der Waals surface area contributed by atoms with Crippen LogP contribution >= 0.6 is 22.9 Å². The van der Waals surface area contributed by atoms with Gasteiger partial charge in [-0.25, -0.2) is 0 Å². The maximum atomic E-state index is 12.2. The van der Waals surface area contributed by atoms with Crippen molar-refractivity contribution >= 4 is 45.6 Å². The number of nitrogens with zero attached hydrogens (tertiary/aromatic N) is 3. The van der Waals surface area contributed by atoms with Crippen LogP contribution in [0.25, 0.3) is 0 Å². The van der Waals surface area contributed by atoms with Crippen molar-refractivity contribution in [1.82, 2.24) is 10.2 Å². The second-order valence-electron chi connectivity index (χ2n) is 5.00. The maximum Gasteiger partial charge on any atom is 0.231 e. The van der Waals surface area contributed by atoms with Crippen LogP contribution in [0.3, 0.4) is 0 Å². The Bertz CT molecular complexity index is 733. The predicted octanol–water partition coefficient (Wildman–Crippen LogP) is 2.49. The smallest absolute Gasteiger partial charge is 0.231 e. The molecule has 114 valence electrons. The van der Waals surface area contributed by atoms with Crippen LogP contribution in [0.5, 0.6) is 0 Å². The molecular weight excluding hydrogens is 324 g/mol. The summed E-state index contributed by atoms with van der Waals surface area (Å²) in [6.45, 7) is 2.15. The summed E-state index contributed by atoms with van der Waals surface area (Å²) >= 11 is 7.25. The molecule has 0 aliphatic carbocycles. The van der Waals surface area contributed by atoms with Crippen LogP contribution in [0.1, 0.15) is 11.4 Å². The SMILES string of the molecule is Cc1nnc(NC(=O)[C@H]2CC(=O)N(c3cccc(Cl)c3)C2)s1. The number of carbonyl (C=O) groups excluding carboxylic acids is 2. The monoisotopic (exact) mass is 336 g/mol. The van der Waals surface area contributed by atoms with Crippen LogP contribution in [0.2, 0.25) is 5.02 Å². The van der Waals surface area contributed by atoms with E-state index >= 15 is 0 Å². The van der Waals surface area contributed by atoms with Crippen molar-refractivity contribution in [2.45, 2.75) is 13.3 Å². The van der Waals surface area contributed by atoms with Crippen LogP contribution in [0.4, 0.5) is 10.8 Å². The molecule has 1 atom stereocenters. The Morgan fingerprint density at radius 1 is 1.45 bits per heavy atom. The lowest BCUT2D eigenvalue weighted by Crippen LogP contribution is -2.28. The van der Waals surface area contributed by atoms with Gasteiger partial charge in [-0.1, -0.05) is 29.0 Å². The standard InChI is InChI=1S/C14H13ClN4O2S/c1-8-17-18-14(22-8)16-13(21)9-5-12(20)19(7-9)11-4-2-3-10(15)6-11/h2-4,6,9H,5,7H2,1H3,(H,16,18,21)/t9-/m0/s1. The molecule has 1 fully saturated rings. The van der Waals surface area contributed by atoms with Gasteiger partial charge in [0.1, 0.15) is 5.01 Å². The molecule has 1 saturated heterocycles. The minimum absolute atomic E-state index is 0.0872. The molecule has 3 rings (SSSR count). The lowest BCUT2D eigenvalue weighted by molar-refractivity contribution is -0.122. The van der Waals surface area contributed by atoms with Crippen molar-refractivity contribution in [2.75, 3.05) is 16.8 Å². The van der Waals surface area contributed by atoms with Crippen molar-refractivity contribution in [3.05, 3.63) is 34.3 Å². The van der Waals surface area contributed by atoms with E-state index in [1.165, 1.54) is 11.3 Å². The summed E-state index contributed by atoms with van der Waals surface area (Å²) in [7, 11) is 0. The molecule has 22 heavy (non-hydrogen) atoms. The van der Waals surface area contributed by atoms with E-state index < -0.39 is 5.92 Å². The van der Waals surface area contributed by atoms with Crippen LogP contribution < -0.4 is 10.2 Å². The lowest BCUT2D eigenvalue weighted by Gasteiger charge is -2.16. The van der Waals surface area contributed by atoms with Gasteiger partial charge >= 0.3 is 0 Å². The summed E-state index contributed by atoms with van der Waals surface area (Å²) < 4.78 is 0. The van der Waals surface area contributed by atoms with Gasteiger partial charge in [0.05, 0.1) is 5.92 Å². The number of amides is 2. The van der Waals surface area contributed by atoms with Gasteiger partial charge in [-0.05, 0) is 25.1 Å². The molecule has 0 saturated carbocycles. The van der Waals surface area contributed by atoms with E-state index in [2.05, 4.69) is 15.5 Å². The maximum absolute atomic E-state index is 12.2. The largest absolute Gasteiger partial charge is 0.312 e. The average Bonchev–Trinajstić information content (AvgIpc) is 3.05. The first kappa shape index (κ1) is 14.9. The van der Waals surface area contributed by atoms with Gasteiger partial charge in [-0.3, -0.25) is 9.59 Å². The van der Waals surface area contributed by atoms with Gasteiger partial charge in [0.25, 0.3) is 0 Å². The summed E-state index contributed by atoms with van der Waals surface area (Å²) in [4.78, 5) is 26.0. The zero-order chi connectivity index (χ0) is 15.7. The molecule has 8 heteroatoms. The molecule has 1 aromatic heterocycles. The third-order valence-electron chi connectivity index (χ3n) is 3.37. The number of aryl methyl sites for hydroxylation is 1. The van der Waals surface area contributed by atoms with E-state index in [-0.39, 0.29) is 18.2 Å². The fraction of sp³-hybridized carbons (Fsp3) is 0.286. The van der Waals surface area contributed by atoms with E-state index in [9.17, 15) is 9.59 Å². The third-order valence-corrected chi connectivity index (χ3v) is 4.36. The second kappa shape index (κ2) is 6.02. The first-order valence-electron chi connectivity index (χ1n) is 6.70. The highest BCUT2D eigenvalue weighted by atomic mass is 35.5. The first-order valence-corrected chi connectivity index (χ1v) is 7.89. The topological polar surface area (TPSA) is 75.2 Å². The minimum atomic E-state index is -0.407. The van der Waals surface area contributed by atoms with Crippen molar-refractivity contribution in [3.8, 4) is 0 Å². The number of anilines is 2. The van der Waals surface area contributed by atoms with Gasteiger partial charge in [0.15, 0.2) is 0 Å². The molecule has 6 nitrogen and oxygen atoms in total. The molecule has 0 bridgehead atoms. The Kier molecular flexibility index (Phi) is 4.08. The quantitative estimate of drug-likeness (QED) is 0.934. The number of carbonyl (C=O) groups is 2. The molecule has 1 aliphatic rings. The molecule has 0 spiro atoms. The lowest BCUT2D eigenvalue weighted by atomic mass is 10.1. The number of hydrogen-bond acceptors (Lipinski definition) is 5. The van der Waals surface area contributed by atoms with Crippen molar-refractivity contribution in [2.24, 2.45) is 5.92 Å². The fourth-order valence-corrected chi connectivity index (χ4v) is 3.11. The normalized spacial score (nSPS) is 17.8. The molecule has 0 unspecified atom stereocenters. The predicted molar refractivity (Wildman–Crippen MR) is 85.2 cm³/mol. The third kappa shape index (κ3) is 3.10. The zero-order valence-corrected chi connectivity index (χ0v) is 13.3. The number of benzene rings is 1. The Morgan fingerprint density at radius 3 is 2.95 bits per heavy atom. The van der Waals surface area contributed by atoms with E-state index in [0.29, 0.717) is 22.4 Å². The summed E-state index contributed by atoms with van der Waals surface area (Å²) in [5, 5.41) is 12.2. The van der Waals surface area contributed by atoms with E-state index in [4.69, 9.17) is 11.6 Å². The molecular formula is C14H13ClN4O2S. The Hall–Kier alpha value is -1.99. The minimum Gasteiger partial charge on any atom is -0.312 e. The van der Waals surface area contributed by atoms with Crippen molar-refractivity contribution < 1.29 is 9.59 Å². The average molecular weight is 337 g/mol. The highest BCUT2D eigenvalue weighted by Crippen LogP contribution is 2.28. The van der Waals surface area contributed by atoms with Gasteiger partial charge in [-0.15, -0.1) is 10.2 Å². The molecule has 2 aromatic rings. The Labute approximate surface area is 136 Å². The highest BCUT2D eigenvalue weighted by molar-refractivity contribution is 7.15. The van der Waals surface area contributed by atoms with Crippen LogP contribution in [0.15, 0.2) is 24.3 Å². The summed E-state index contributed by atoms with van der Waals surface area (Å²) in [6.07, 6.45) is 0.177. The zero-order valence-electron chi connectivity index (χ0n) is 11.7. The highest BCUT2D eigenvalue weighted by Gasteiger charge is 2.35. The van der Waals surface area contributed by atoms with Crippen LogP contribution in [-0.4, -0.2) is 28.6 Å². The summed E-state index contributed by atoms with van der Waals surface area (Å²) in [5.41, 5.74) is 0.708. The fourth-order valence-electron chi connectivity index (χ4n) is 2.33. The second-order valence-corrected chi connectivity index (χ2v) is 6.62. The van der Waals surface area contributed by atoms with Gasteiger partial charge in [-0.2, -0.15) is 0 Å². The van der Waals surface area contributed by atoms with E-state index in [1.54, 1.807) is 29.2 Å². The summed E-state index contributed by atoms with van der Waals surface area (Å²) in [5.74, 6) is -0.708. The Morgan fingerprint density at radius 2 is 2.27 bits per heavy atom. The van der Waals surface area contributed by atoms with Crippen molar-refractivity contribution in [1.29, 1.82) is 0 Å². The van der Waals surface area contributed by atoms with Crippen molar-refractivity contribution in [3.63, 3.8) is 0 Å². The summed E-state index contributed by atoms with van der Waals surface area (Å²) in [6, 6.07) is 7.04.